The highest BCUT2D eigenvalue weighted by Crippen LogP contribution is 2.33. The summed E-state index contributed by atoms with van der Waals surface area (Å²) in [5, 5.41) is 0. The van der Waals surface area contributed by atoms with Crippen LogP contribution in [0.3, 0.4) is 0 Å². The summed E-state index contributed by atoms with van der Waals surface area (Å²) >= 11 is 0. The van der Waals surface area contributed by atoms with Crippen LogP contribution in [-0.2, 0) is 6.18 Å². The maximum atomic E-state index is 13.5. The molecule has 2 rings (SSSR count). The molecule has 0 N–H and O–H groups in total. The van der Waals surface area contributed by atoms with Crippen LogP contribution >= 0.6 is 0 Å². The van der Waals surface area contributed by atoms with Crippen molar-refractivity contribution in [2.45, 2.75) is 6.18 Å². The third-order valence-corrected chi connectivity index (χ3v) is 2.57. The first kappa shape index (κ1) is 15.9. The van der Waals surface area contributed by atoms with Crippen molar-refractivity contribution in [1.82, 2.24) is 0 Å². The number of benzene rings is 2. The molecule has 0 aromatic heterocycles. The Bertz CT molecular complexity index is 704. The van der Waals surface area contributed by atoms with Crippen LogP contribution < -0.4 is 4.74 Å². The van der Waals surface area contributed by atoms with E-state index in [2.05, 4.69) is 4.74 Å². The number of alkyl halides is 3. The quantitative estimate of drug-likeness (QED) is 0.467. The van der Waals surface area contributed by atoms with Crippen molar-refractivity contribution in [2.75, 3.05) is 0 Å². The highest BCUT2D eigenvalue weighted by Gasteiger charge is 2.37. The molecule has 2 aromatic carbocycles. The maximum absolute atomic E-state index is 13.5. The Morgan fingerprint density at radius 3 is 2.09 bits per heavy atom. The fourth-order valence-electron chi connectivity index (χ4n) is 1.71. The summed E-state index contributed by atoms with van der Waals surface area (Å²) in [7, 11) is 0. The lowest BCUT2D eigenvalue weighted by Gasteiger charge is -2.12. The van der Waals surface area contributed by atoms with Crippen molar-refractivity contribution in [2.24, 2.45) is 0 Å². The van der Waals surface area contributed by atoms with Gasteiger partial charge in [-0.25, -0.2) is 18.0 Å². The molecule has 0 saturated heterocycles. The summed E-state index contributed by atoms with van der Waals surface area (Å²) < 4.78 is 82.1. The number of carbonyl (C=O) groups excluding carboxylic acids is 1. The zero-order chi connectivity index (χ0) is 16.5. The molecule has 0 heterocycles. The first-order valence-electron chi connectivity index (χ1n) is 5.72. The van der Waals surface area contributed by atoms with Crippen LogP contribution in [0.5, 0.6) is 5.75 Å². The van der Waals surface area contributed by atoms with Crippen molar-refractivity contribution >= 4 is 5.97 Å². The highest BCUT2D eigenvalue weighted by molar-refractivity contribution is 5.93. The molecule has 0 saturated carbocycles. The van der Waals surface area contributed by atoms with Crippen LogP contribution in [0.15, 0.2) is 36.4 Å². The molecule has 0 aliphatic carbocycles. The summed E-state index contributed by atoms with van der Waals surface area (Å²) in [6, 6.07) is 3.53. The molecule has 116 valence electrons. The first-order valence-corrected chi connectivity index (χ1v) is 5.72. The van der Waals surface area contributed by atoms with E-state index in [-0.39, 0.29) is 0 Å². The summed E-state index contributed by atoms with van der Waals surface area (Å²) in [5.41, 5.74) is -2.91. The van der Waals surface area contributed by atoms with E-state index in [1.165, 1.54) is 0 Å². The zero-order valence-electron chi connectivity index (χ0n) is 10.5. The van der Waals surface area contributed by atoms with E-state index in [9.17, 15) is 31.1 Å². The molecular formula is C14H6F6O2. The summed E-state index contributed by atoms with van der Waals surface area (Å²) in [4.78, 5) is 11.7. The molecule has 0 radical (unpaired) electrons. The number of hydrogen-bond acceptors (Lipinski definition) is 2. The third-order valence-electron chi connectivity index (χ3n) is 2.57. The average Bonchev–Trinajstić information content (AvgIpc) is 2.35. The van der Waals surface area contributed by atoms with Crippen LogP contribution in [0.2, 0.25) is 0 Å². The lowest BCUT2D eigenvalue weighted by Crippen LogP contribution is -2.19. The molecule has 0 bridgehead atoms. The van der Waals surface area contributed by atoms with Gasteiger partial charge in [-0.05, 0) is 12.1 Å². The lowest BCUT2D eigenvalue weighted by molar-refractivity contribution is -0.138. The molecule has 8 heteroatoms. The van der Waals surface area contributed by atoms with Crippen molar-refractivity contribution in [1.29, 1.82) is 0 Å². The molecule has 22 heavy (non-hydrogen) atoms. The van der Waals surface area contributed by atoms with E-state index in [1.54, 1.807) is 0 Å². The summed E-state index contributed by atoms with van der Waals surface area (Å²) in [6.07, 6.45) is -5.00. The second-order valence-corrected chi connectivity index (χ2v) is 4.15. The second-order valence-electron chi connectivity index (χ2n) is 4.15. The Balaban J connectivity index is 2.42. The van der Waals surface area contributed by atoms with E-state index in [0.29, 0.717) is 30.3 Å². The minimum absolute atomic E-state index is 0.474. The van der Waals surface area contributed by atoms with E-state index >= 15 is 0 Å². The minimum Gasteiger partial charge on any atom is -0.423 e. The average molecular weight is 320 g/mol. The first-order chi connectivity index (χ1) is 10.2. The molecule has 0 fully saturated rings. The monoisotopic (exact) mass is 320 g/mol. The standard InChI is InChI=1S/C14H6F6O2/c15-7-4-8(16)6-9(5-7)22-13(21)12-10(14(18,19)20)2-1-3-11(12)17/h1-6H. The minimum atomic E-state index is -5.00. The number of rotatable bonds is 2. The fraction of sp³-hybridized carbons (Fsp3) is 0.0714. The number of esters is 1. The van der Waals surface area contributed by atoms with Crippen molar-refractivity contribution in [3.8, 4) is 5.75 Å². The van der Waals surface area contributed by atoms with Gasteiger partial charge < -0.3 is 4.74 Å². The molecule has 0 aliphatic heterocycles. The van der Waals surface area contributed by atoms with Gasteiger partial charge in [-0.15, -0.1) is 0 Å². The second kappa shape index (κ2) is 5.70. The van der Waals surface area contributed by atoms with Crippen LogP contribution in [0, 0.1) is 17.5 Å². The molecule has 2 nitrogen and oxygen atoms in total. The van der Waals surface area contributed by atoms with Gasteiger partial charge in [0.1, 0.15) is 28.8 Å². The number of hydrogen-bond donors (Lipinski definition) is 0. The number of halogens is 6. The topological polar surface area (TPSA) is 26.3 Å². The lowest BCUT2D eigenvalue weighted by atomic mass is 10.1. The van der Waals surface area contributed by atoms with Gasteiger partial charge >= 0.3 is 12.1 Å². The van der Waals surface area contributed by atoms with Crippen molar-refractivity contribution in [3.05, 3.63) is 65.0 Å². The van der Waals surface area contributed by atoms with E-state index in [0.717, 1.165) is 6.07 Å². The van der Waals surface area contributed by atoms with E-state index < -0.39 is 46.5 Å². The van der Waals surface area contributed by atoms with E-state index in [1.807, 2.05) is 0 Å². The van der Waals surface area contributed by atoms with Gasteiger partial charge in [0.05, 0.1) is 5.56 Å². The Kier molecular flexibility index (Phi) is 4.11. The van der Waals surface area contributed by atoms with Gasteiger partial charge in [-0.3, -0.25) is 0 Å². The zero-order valence-corrected chi connectivity index (χ0v) is 10.5. The van der Waals surface area contributed by atoms with Gasteiger partial charge in [0.25, 0.3) is 0 Å². The molecule has 0 spiro atoms. The van der Waals surface area contributed by atoms with Crippen LogP contribution in [0.25, 0.3) is 0 Å². The van der Waals surface area contributed by atoms with Crippen molar-refractivity contribution in [3.63, 3.8) is 0 Å². The largest absolute Gasteiger partial charge is 0.423 e. The molecule has 0 atom stereocenters. The normalized spacial score (nSPS) is 11.4. The molecule has 0 aliphatic rings. The molecule has 0 amide bonds. The predicted octanol–water partition coefficient (Wildman–Crippen LogP) is 4.34. The number of carbonyl (C=O) groups is 1. The van der Waals surface area contributed by atoms with E-state index in [4.69, 9.17) is 0 Å². The smallest absolute Gasteiger partial charge is 0.417 e. The predicted molar refractivity (Wildman–Crippen MR) is 62.7 cm³/mol. The number of ether oxygens (including phenoxy) is 1. The van der Waals surface area contributed by atoms with Crippen LogP contribution in [0.4, 0.5) is 26.3 Å². The van der Waals surface area contributed by atoms with Crippen LogP contribution in [0.1, 0.15) is 15.9 Å². The van der Waals surface area contributed by atoms with Gasteiger partial charge in [0.2, 0.25) is 0 Å². The Labute approximate surface area is 119 Å². The van der Waals surface area contributed by atoms with Crippen LogP contribution in [-0.4, -0.2) is 5.97 Å². The maximum Gasteiger partial charge on any atom is 0.417 e. The summed E-state index contributed by atoms with van der Waals surface area (Å²) in [5.74, 6) is -6.06. The third kappa shape index (κ3) is 3.38. The molecular weight excluding hydrogens is 314 g/mol. The Morgan fingerprint density at radius 1 is 0.955 bits per heavy atom. The molecule has 0 unspecified atom stereocenters. The van der Waals surface area contributed by atoms with Gasteiger partial charge in [0.15, 0.2) is 0 Å². The molecule has 2 aromatic rings. The fourth-order valence-corrected chi connectivity index (χ4v) is 1.71. The van der Waals surface area contributed by atoms with Crippen molar-refractivity contribution < 1.29 is 35.9 Å². The Morgan fingerprint density at radius 2 is 1.55 bits per heavy atom. The summed E-state index contributed by atoms with van der Waals surface area (Å²) in [6.45, 7) is 0. The Hall–Kier alpha value is -2.51. The highest BCUT2D eigenvalue weighted by atomic mass is 19.4. The SMILES string of the molecule is O=C(Oc1cc(F)cc(F)c1)c1c(F)cccc1C(F)(F)F. The van der Waals surface area contributed by atoms with Gasteiger partial charge in [-0.1, -0.05) is 6.07 Å². The van der Waals surface area contributed by atoms with Gasteiger partial charge in [-0.2, -0.15) is 13.2 Å². The van der Waals surface area contributed by atoms with Gasteiger partial charge in [0, 0.05) is 18.2 Å².